The van der Waals surface area contributed by atoms with Crippen LogP contribution in [0.25, 0.3) is 0 Å². The van der Waals surface area contributed by atoms with E-state index in [9.17, 15) is 0 Å². The van der Waals surface area contributed by atoms with E-state index in [0.717, 1.165) is 0 Å². The minimum atomic E-state index is -1.33. The highest BCUT2D eigenvalue weighted by molar-refractivity contribution is 6.71. The lowest BCUT2D eigenvalue weighted by molar-refractivity contribution is 0.132. The van der Waals surface area contributed by atoms with E-state index in [1.807, 2.05) is 7.11 Å². The van der Waals surface area contributed by atoms with E-state index in [4.69, 9.17) is 4.43 Å². The van der Waals surface area contributed by atoms with Crippen LogP contribution in [0.4, 0.5) is 0 Å². The van der Waals surface area contributed by atoms with Crippen molar-refractivity contribution in [2.75, 3.05) is 46.4 Å². The Morgan fingerprint density at radius 1 is 1.00 bits per heavy atom. The molecule has 4 heteroatoms. The molecule has 0 saturated carbocycles. The lowest BCUT2D eigenvalue weighted by Gasteiger charge is -2.34. The average Bonchev–Trinajstić information content (AvgIpc) is 2.32. The summed E-state index contributed by atoms with van der Waals surface area (Å²) >= 11 is 0. The summed E-state index contributed by atoms with van der Waals surface area (Å²) in [7, 11) is 0.546. The van der Waals surface area contributed by atoms with Crippen LogP contribution < -0.4 is 0 Å². The van der Waals surface area contributed by atoms with Crippen LogP contribution in [-0.4, -0.2) is 64.5 Å². The molecule has 1 heterocycles. The van der Waals surface area contributed by atoms with Crippen LogP contribution in [0.1, 0.15) is 19.8 Å². The van der Waals surface area contributed by atoms with Gasteiger partial charge in [0.15, 0.2) is 8.32 Å². The van der Waals surface area contributed by atoms with Gasteiger partial charge in [-0.05, 0) is 45.1 Å². The Kier molecular flexibility index (Phi) is 6.70. The van der Waals surface area contributed by atoms with E-state index in [0.29, 0.717) is 0 Å². The van der Waals surface area contributed by atoms with Gasteiger partial charge in [0.2, 0.25) is 0 Å². The fraction of sp³-hybridized carbons (Fsp3) is 1.00. The van der Waals surface area contributed by atoms with Gasteiger partial charge in [-0.15, -0.1) is 0 Å². The normalized spacial score (nSPS) is 19.8. The molecule has 102 valence electrons. The molecule has 0 radical (unpaired) electrons. The molecule has 0 amide bonds. The van der Waals surface area contributed by atoms with Crippen molar-refractivity contribution in [1.29, 1.82) is 0 Å². The molecule has 0 unspecified atom stereocenters. The van der Waals surface area contributed by atoms with Crippen molar-refractivity contribution in [3.8, 4) is 0 Å². The molecule has 3 nitrogen and oxygen atoms in total. The summed E-state index contributed by atoms with van der Waals surface area (Å²) in [6, 6.07) is 1.29. The summed E-state index contributed by atoms with van der Waals surface area (Å²) < 4.78 is 5.59. The van der Waals surface area contributed by atoms with Gasteiger partial charge in [-0.3, -0.25) is 0 Å². The van der Waals surface area contributed by atoms with E-state index in [-0.39, 0.29) is 0 Å². The highest BCUT2D eigenvalue weighted by Crippen LogP contribution is 2.13. The van der Waals surface area contributed by atoms with Gasteiger partial charge in [0.25, 0.3) is 0 Å². The second-order valence-corrected chi connectivity index (χ2v) is 10.2. The van der Waals surface area contributed by atoms with E-state index < -0.39 is 8.32 Å². The Hall–Kier alpha value is 0.0969. The summed E-state index contributed by atoms with van der Waals surface area (Å²) in [5.74, 6) is 0. The first-order valence-electron chi connectivity index (χ1n) is 7.07. The van der Waals surface area contributed by atoms with E-state index >= 15 is 0 Å². The molecule has 0 aromatic heterocycles. The van der Waals surface area contributed by atoms with Gasteiger partial charge in [-0.2, -0.15) is 0 Å². The van der Waals surface area contributed by atoms with E-state index in [2.05, 4.69) is 29.8 Å². The average molecular weight is 258 g/mol. The molecule has 1 aliphatic heterocycles. The van der Waals surface area contributed by atoms with Crippen LogP contribution in [-0.2, 0) is 4.43 Å². The maximum absolute atomic E-state index is 5.59. The van der Waals surface area contributed by atoms with Crippen LogP contribution >= 0.6 is 0 Å². The Bertz CT molecular complexity index is 204. The number of hydrogen-bond donors (Lipinski definition) is 0. The van der Waals surface area contributed by atoms with Gasteiger partial charge in [0.1, 0.15) is 0 Å². The van der Waals surface area contributed by atoms with Gasteiger partial charge in [0.05, 0.1) is 0 Å². The molecule has 1 aliphatic rings. The molecule has 1 rings (SSSR count). The number of rotatable bonds is 7. The first kappa shape index (κ1) is 15.2. The quantitative estimate of drug-likeness (QED) is 0.652. The zero-order valence-electron chi connectivity index (χ0n) is 12.2. The van der Waals surface area contributed by atoms with Crippen molar-refractivity contribution in [2.24, 2.45) is 0 Å². The van der Waals surface area contributed by atoms with Crippen molar-refractivity contribution in [3.05, 3.63) is 0 Å². The molecule has 0 aliphatic carbocycles. The number of piperazine rings is 1. The third-order valence-corrected chi connectivity index (χ3v) is 6.47. The number of nitrogens with zero attached hydrogens (tertiary/aromatic N) is 2. The van der Waals surface area contributed by atoms with Gasteiger partial charge < -0.3 is 14.2 Å². The molecule has 0 N–H and O–H groups in total. The summed E-state index contributed by atoms with van der Waals surface area (Å²) in [5, 5.41) is 0. The van der Waals surface area contributed by atoms with Gasteiger partial charge in [-0.25, -0.2) is 0 Å². The predicted octanol–water partition coefficient (Wildman–Crippen LogP) is 2.26. The van der Waals surface area contributed by atoms with Crippen molar-refractivity contribution < 1.29 is 4.43 Å². The molecular weight excluding hydrogens is 228 g/mol. The molecular formula is C13H30N2OSi. The van der Waals surface area contributed by atoms with E-state index in [1.165, 1.54) is 58.2 Å². The first-order chi connectivity index (χ1) is 8.07. The highest BCUT2D eigenvalue weighted by atomic mass is 28.4. The third-order valence-electron chi connectivity index (χ3n) is 3.81. The van der Waals surface area contributed by atoms with Crippen LogP contribution in [0, 0.1) is 0 Å². The minimum Gasteiger partial charge on any atom is -0.420 e. The molecule has 1 saturated heterocycles. The topological polar surface area (TPSA) is 15.7 Å². The SMILES string of the molecule is CCCN1CCN(CCC[Si](C)(C)OC)CC1. The van der Waals surface area contributed by atoms with Crippen molar-refractivity contribution in [2.45, 2.75) is 38.9 Å². The molecule has 0 bridgehead atoms. The summed E-state index contributed by atoms with van der Waals surface area (Å²) in [6.07, 6.45) is 2.59. The maximum atomic E-state index is 5.59. The fourth-order valence-corrected chi connectivity index (χ4v) is 3.60. The molecule has 1 fully saturated rings. The van der Waals surface area contributed by atoms with Gasteiger partial charge in [0, 0.05) is 33.3 Å². The lowest BCUT2D eigenvalue weighted by Crippen LogP contribution is -2.46. The summed E-state index contributed by atoms with van der Waals surface area (Å²) in [4.78, 5) is 5.21. The zero-order chi connectivity index (χ0) is 12.7. The smallest absolute Gasteiger partial charge is 0.186 e. The van der Waals surface area contributed by atoms with Crippen LogP contribution in [0.5, 0.6) is 0 Å². The third kappa shape index (κ3) is 6.00. The Morgan fingerprint density at radius 2 is 1.53 bits per heavy atom. The monoisotopic (exact) mass is 258 g/mol. The maximum Gasteiger partial charge on any atom is 0.186 e. The lowest BCUT2D eigenvalue weighted by atomic mass is 10.3. The predicted molar refractivity (Wildman–Crippen MR) is 77.1 cm³/mol. The Morgan fingerprint density at radius 3 is 2.00 bits per heavy atom. The van der Waals surface area contributed by atoms with Crippen molar-refractivity contribution in [3.63, 3.8) is 0 Å². The highest BCUT2D eigenvalue weighted by Gasteiger charge is 2.21. The van der Waals surface area contributed by atoms with Crippen molar-refractivity contribution >= 4 is 8.32 Å². The fourth-order valence-electron chi connectivity index (χ4n) is 2.38. The second kappa shape index (κ2) is 7.51. The van der Waals surface area contributed by atoms with Crippen LogP contribution in [0.15, 0.2) is 0 Å². The molecule has 0 atom stereocenters. The molecule has 0 aromatic rings. The van der Waals surface area contributed by atoms with Gasteiger partial charge >= 0.3 is 0 Å². The molecule has 17 heavy (non-hydrogen) atoms. The second-order valence-electron chi connectivity index (χ2n) is 5.75. The largest absolute Gasteiger partial charge is 0.420 e. The van der Waals surface area contributed by atoms with E-state index in [1.54, 1.807) is 0 Å². The first-order valence-corrected chi connectivity index (χ1v) is 10.2. The van der Waals surface area contributed by atoms with Crippen molar-refractivity contribution in [1.82, 2.24) is 9.80 Å². The van der Waals surface area contributed by atoms with Gasteiger partial charge in [-0.1, -0.05) is 6.92 Å². The Balaban J connectivity index is 2.10. The van der Waals surface area contributed by atoms with Crippen LogP contribution in [0.2, 0.25) is 19.1 Å². The zero-order valence-corrected chi connectivity index (χ0v) is 13.2. The number of hydrogen-bond acceptors (Lipinski definition) is 3. The summed E-state index contributed by atoms with van der Waals surface area (Å²) in [5.41, 5.74) is 0. The molecule has 0 aromatic carbocycles. The minimum absolute atomic E-state index is 1.26. The summed E-state index contributed by atoms with van der Waals surface area (Å²) in [6.45, 7) is 14.5. The van der Waals surface area contributed by atoms with Crippen LogP contribution in [0.3, 0.4) is 0 Å². The standard InChI is InChI=1S/C13H30N2OSi/c1-5-7-14-9-11-15(12-10-14)8-6-13-17(3,4)16-2/h5-13H2,1-4H3. The molecule has 0 spiro atoms. The Labute approximate surface area is 108 Å².